The molecule has 1 aliphatic heterocycles. The summed E-state index contributed by atoms with van der Waals surface area (Å²) in [6.45, 7) is 0. The Bertz CT molecular complexity index is 1640. The van der Waals surface area contributed by atoms with Gasteiger partial charge in [-0.3, -0.25) is 14.4 Å². The van der Waals surface area contributed by atoms with Gasteiger partial charge in [0.25, 0.3) is 17.7 Å². The first-order chi connectivity index (χ1) is 16.6. The zero-order valence-corrected chi connectivity index (χ0v) is 18.0. The summed E-state index contributed by atoms with van der Waals surface area (Å²) in [7, 11) is 0. The Morgan fingerprint density at radius 3 is 2.03 bits per heavy atom. The molecule has 6 rings (SSSR count). The van der Waals surface area contributed by atoms with E-state index in [0.717, 1.165) is 21.5 Å². The highest BCUT2D eigenvalue weighted by Gasteiger charge is 2.37. The lowest BCUT2D eigenvalue weighted by atomic mass is 10.0. The van der Waals surface area contributed by atoms with Crippen LogP contribution in [0.1, 0.15) is 31.1 Å². The van der Waals surface area contributed by atoms with Gasteiger partial charge in [0.2, 0.25) is 0 Å². The molecule has 34 heavy (non-hydrogen) atoms. The topological polar surface area (TPSA) is 66.5 Å². The van der Waals surface area contributed by atoms with E-state index in [4.69, 9.17) is 0 Å². The summed E-state index contributed by atoms with van der Waals surface area (Å²) in [4.78, 5) is 40.8. The normalized spacial score (nSPS) is 12.9. The van der Waals surface area contributed by atoms with Crippen molar-refractivity contribution >= 4 is 50.6 Å². The molecule has 1 N–H and O–H groups in total. The molecule has 5 aromatic rings. The number of anilines is 2. The van der Waals surface area contributed by atoms with Gasteiger partial charge < -0.3 is 5.32 Å². The summed E-state index contributed by atoms with van der Waals surface area (Å²) in [5.41, 5.74) is 2.05. The van der Waals surface area contributed by atoms with Gasteiger partial charge in [0.05, 0.1) is 16.8 Å². The lowest BCUT2D eigenvalue weighted by Crippen LogP contribution is -2.29. The van der Waals surface area contributed by atoms with Crippen LogP contribution in [0, 0.1) is 0 Å². The molecule has 0 fully saturated rings. The van der Waals surface area contributed by atoms with Gasteiger partial charge in [0, 0.05) is 22.0 Å². The van der Waals surface area contributed by atoms with Crippen LogP contribution in [0.25, 0.3) is 21.5 Å². The summed E-state index contributed by atoms with van der Waals surface area (Å²) >= 11 is 0. The van der Waals surface area contributed by atoms with E-state index in [2.05, 4.69) is 5.32 Å². The van der Waals surface area contributed by atoms with Gasteiger partial charge in [-0.25, -0.2) is 4.90 Å². The van der Waals surface area contributed by atoms with Crippen LogP contribution in [0.15, 0.2) is 103 Å². The number of imide groups is 1. The Labute approximate surface area is 195 Å². The Morgan fingerprint density at radius 1 is 0.618 bits per heavy atom. The molecule has 0 bridgehead atoms. The van der Waals surface area contributed by atoms with Crippen molar-refractivity contribution in [2.75, 3.05) is 10.2 Å². The lowest BCUT2D eigenvalue weighted by molar-refractivity contribution is 0.0925. The van der Waals surface area contributed by atoms with Crippen LogP contribution in [0.5, 0.6) is 0 Å². The number of hydrogen-bond donors (Lipinski definition) is 1. The quantitative estimate of drug-likeness (QED) is 0.346. The van der Waals surface area contributed by atoms with Crippen molar-refractivity contribution < 1.29 is 14.4 Å². The van der Waals surface area contributed by atoms with Crippen molar-refractivity contribution in [3.63, 3.8) is 0 Å². The Kier molecular flexibility index (Phi) is 4.49. The molecular formula is C29H18N2O3. The van der Waals surface area contributed by atoms with Crippen LogP contribution >= 0.6 is 0 Å². The fourth-order valence-corrected chi connectivity index (χ4v) is 4.53. The van der Waals surface area contributed by atoms with Gasteiger partial charge in [-0.1, -0.05) is 72.8 Å². The van der Waals surface area contributed by atoms with Gasteiger partial charge in [0.1, 0.15) is 0 Å². The highest BCUT2D eigenvalue weighted by molar-refractivity contribution is 6.36. The average Bonchev–Trinajstić information content (AvgIpc) is 3.13. The van der Waals surface area contributed by atoms with Crippen molar-refractivity contribution in [2.24, 2.45) is 0 Å². The van der Waals surface area contributed by atoms with Crippen LogP contribution in [0.4, 0.5) is 11.4 Å². The molecular weight excluding hydrogens is 424 g/mol. The second-order valence-corrected chi connectivity index (χ2v) is 8.19. The molecule has 0 spiro atoms. The number of nitrogens with zero attached hydrogens (tertiary/aromatic N) is 1. The predicted molar refractivity (Wildman–Crippen MR) is 133 cm³/mol. The largest absolute Gasteiger partial charge is 0.321 e. The molecule has 1 heterocycles. The fourth-order valence-electron chi connectivity index (χ4n) is 4.53. The average molecular weight is 442 g/mol. The molecule has 0 unspecified atom stereocenters. The van der Waals surface area contributed by atoms with Gasteiger partial charge in [-0.2, -0.15) is 0 Å². The summed E-state index contributed by atoms with van der Waals surface area (Å²) in [6.07, 6.45) is 0. The maximum Gasteiger partial charge on any atom is 0.266 e. The van der Waals surface area contributed by atoms with Crippen LogP contribution in [-0.2, 0) is 0 Å². The molecule has 0 atom stereocenters. The number of carbonyl (C=O) groups excluding carboxylic acids is 3. The Hall–Kier alpha value is -4.77. The highest BCUT2D eigenvalue weighted by atomic mass is 16.2. The predicted octanol–water partition coefficient (Wildman–Crippen LogP) is 6.05. The molecule has 0 aliphatic carbocycles. The number of hydrogen-bond acceptors (Lipinski definition) is 3. The molecule has 0 saturated carbocycles. The minimum Gasteiger partial charge on any atom is -0.321 e. The first-order valence-corrected chi connectivity index (χ1v) is 10.9. The third-order valence-electron chi connectivity index (χ3n) is 6.19. The molecule has 0 aromatic heterocycles. The zero-order valence-electron chi connectivity index (χ0n) is 18.0. The molecule has 1 aliphatic rings. The second-order valence-electron chi connectivity index (χ2n) is 8.19. The Morgan fingerprint density at radius 2 is 1.24 bits per heavy atom. The number of benzene rings is 5. The van der Waals surface area contributed by atoms with Crippen LogP contribution in [0.3, 0.4) is 0 Å². The minimum absolute atomic E-state index is 0.225. The number of fused-ring (bicyclic) bond motifs is 3. The van der Waals surface area contributed by atoms with E-state index in [-0.39, 0.29) is 11.5 Å². The molecule has 3 amide bonds. The van der Waals surface area contributed by atoms with E-state index in [0.29, 0.717) is 22.5 Å². The first kappa shape index (κ1) is 19.9. The molecule has 162 valence electrons. The minimum atomic E-state index is -0.434. The second kappa shape index (κ2) is 7.67. The summed E-state index contributed by atoms with van der Waals surface area (Å²) in [6, 6.07) is 31.2. The lowest BCUT2D eigenvalue weighted by Gasteiger charge is -2.16. The molecule has 0 saturated heterocycles. The standard InChI is InChI=1S/C29H18N2O3/c32-27(30-25-13-5-9-18-7-1-3-11-21(18)25)20-15-16-23-24(17-20)29(34)31(28(23)33)26-14-6-10-19-8-2-4-12-22(19)26/h1-17H,(H,30,32). The smallest absolute Gasteiger partial charge is 0.266 e. The van der Waals surface area contributed by atoms with E-state index in [1.807, 2.05) is 78.9 Å². The van der Waals surface area contributed by atoms with Gasteiger partial charge >= 0.3 is 0 Å². The van der Waals surface area contributed by atoms with Crippen molar-refractivity contribution in [2.45, 2.75) is 0 Å². The van der Waals surface area contributed by atoms with E-state index in [1.165, 1.54) is 11.0 Å². The first-order valence-electron chi connectivity index (χ1n) is 10.9. The van der Waals surface area contributed by atoms with Crippen LogP contribution in [-0.4, -0.2) is 17.7 Å². The van der Waals surface area contributed by atoms with Gasteiger partial charge in [-0.05, 0) is 41.1 Å². The maximum absolute atomic E-state index is 13.3. The van der Waals surface area contributed by atoms with Crippen molar-refractivity contribution in [1.82, 2.24) is 0 Å². The number of carbonyl (C=O) groups is 3. The SMILES string of the molecule is O=C(Nc1cccc2ccccc12)c1ccc2c(c1)C(=O)N(c1cccc3ccccc13)C2=O. The number of nitrogens with one attached hydrogen (secondary N) is 1. The molecule has 0 radical (unpaired) electrons. The summed E-state index contributed by atoms with van der Waals surface area (Å²) < 4.78 is 0. The fraction of sp³-hybridized carbons (Fsp3) is 0. The number of amides is 3. The Balaban J connectivity index is 1.35. The molecule has 5 heteroatoms. The molecule has 5 nitrogen and oxygen atoms in total. The van der Waals surface area contributed by atoms with Crippen molar-refractivity contribution in [3.05, 3.63) is 120 Å². The number of rotatable bonds is 3. The van der Waals surface area contributed by atoms with Crippen LogP contribution < -0.4 is 10.2 Å². The van der Waals surface area contributed by atoms with Crippen molar-refractivity contribution in [1.29, 1.82) is 0 Å². The van der Waals surface area contributed by atoms with E-state index in [1.54, 1.807) is 18.2 Å². The van der Waals surface area contributed by atoms with Gasteiger partial charge in [-0.15, -0.1) is 0 Å². The van der Waals surface area contributed by atoms with Crippen LogP contribution in [0.2, 0.25) is 0 Å². The summed E-state index contributed by atoms with van der Waals surface area (Å²) in [5, 5.41) is 6.63. The van der Waals surface area contributed by atoms with E-state index < -0.39 is 11.8 Å². The summed E-state index contributed by atoms with van der Waals surface area (Å²) in [5.74, 6) is -1.17. The third-order valence-corrected chi connectivity index (χ3v) is 6.19. The van der Waals surface area contributed by atoms with Crippen molar-refractivity contribution in [3.8, 4) is 0 Å². The maximum atomic E-state index is 13.3. The van der Waals surface area contributed by atoms with E-state index in [9.17, 15) is 14.4 Å². The zero-order chi connectivity index (χ0) is 23.2. The molecule has 5 aromatic carbocycles. The monoisotopic (exact) mass is 442 g/mol. The van der Waals surface area contributed by atoms with E-state index >= 15 is 0 Å². The highest BCUT2D eigenvalue weighted by Crippen LogP contribution is 2.34. The van der Waals surface area contributed by atoms with Gasteiger partial charge in [0.15, 0.2) is 0 Å². The third kappa shape index (κ3) is 3.06.